The van der Waals surface area contributed by atoms with Gasteiger partial charge in [0.1, 0.15) is 11.4 Å². The first-order valence-electron chi connectivity index (χ1n) is 8.64. The Labute approximate surface area is 170 Å². The fraction of sp³-hybridized carbons (Fsp3) is 0.333. The molecule has 0 bridgehead atoms. The number of aromatic nitrogens is 2. The summed E-state index contributed by atoms with van der Waals surface area (Å²) >= 11 is 11.8. The van der Waals surface area contributed by atoms with Crippen molar-refractivity contribution in [3.8, 4) is 5.75 Å². The number of amides is 2. The maximum Gasteiger partial charge on any atom is 0.274 e. The van der Waals surface area contributed by atoms with E-state index in [-0.39, 0.29) is 35.7 Å². The summed E-state index contributed by atoms with van der Waals surface area (Å²) in [5.41, 5.74) is -0.171. The van der Waals surface area contributed by atoms with Crippen LogP contribution >= 0.6 is 23.2 Å². The number of benzene rings is 1. The Morgan fingerprint density at radius 2 is 1.96 bits per heavy atom. The van der Waals surface area contributed by atoms with E-state index in [2.05, 4.69) is 15.5 Å². The second-order valence-corrected chi connectivity index (χ2v) is 7.15. The lowest BCUT2D eigenvalue weighted by molar-refractivity contribution is -0.124. The van der Waals surface area contributed by atoms with E-state index in [1.165, 1.54) is 12.1 Å². The van der Waals surface area contributed by atoms with E-state index in [9.17, 15) is 14.4 Å². The summed E-state index contributed by atoms with van der Waals surface area (Å²) in [5.74, 6) is -0.130. The average Bonchev–Trinajstić information content (AvgIpc) is 2.68. The van der Waals surface area contributed by atoms with Crippen molar-refractivity contribution in [1.82, 2.24) is 20.4 Å². The van der Waals surface area contributed by atoms with Gasteiger partial charge in [0.2, 0.25) is 0 Å². The Kier molecular flexibility index (Phi) is 6.53. The standard InChI is InChI=1S/C18H18Cl2N4O4/c19-11-1-3-15(13(20)9-11)28-10-17(26)21-12-5-7-24(8-6-12)18(27)14-2-4-16(25)23-22-14/h1-4,9,12H,5-8,10H2,(H,21,26)(H,23,25). The van der Waals surface area contributed by atoms with Gasteiger partial charge in [0.15, 0.2) is 6.61 Å². The molecule has 2 amide bonds. The summed E-state index contributed by atoms with van der Waals surface area (Å²) in [6, 6.07) is 7.39. The second kappa shape index (κ2) is 9.07. The van der Waals surface area contributed by atoms with Crippen molar-refractivity contribution in [3.05, 3.63) is 56.4 Å². The Morgan fingerprint density at radius 3 is 2.61 bits per heavy atom. The predicted octanol–water partition coefficient (Wildman–Crippen LogP) is 1.88. The Hall–Kier alpha value is -2.58. The fourth-order valence-electron chi connectivity index (χ4n) is 2.86. The summed E-state index contributed by atoms with van der Waals surface area (Å²) in [6.07, 6.45) is 1.23. The molecule has 1 aromatic heterocycles. The van der Waals surface area contributed by atoms with Crippen LogP contribution in [0.25, 0.3) is 0 Å². The molecule has 1 aliphatic rings. The van der Waals surface area contributed by atoms with Crippen LogP contribution in [-0.4, -0.2) is 52.6 Å². The van der Waals surface area contributed by atoms with Gasteiger partial charge in [-0.3, -0.25) is 14.4 Å². The Balaban J connectivity index is 1.44. The highest BCUT2D eigenvalue weighted by atomic mass is 35.5. The van der Waals surface area contributed by atoms with Crippen LogP contribution in [-0.2, 0) is 4.79 Å². The number of carbonyl (C=O) groups is 2. The zero-order valence-corrected chi connectivity index (χ0v) is 16.3. The first-order chi connectivity index (χ1) is 13.4. The lowest BCUT2D eigenvalue weighted by Gasteiger charge is -2.32. The van der Waals surface area contributed by atoms with E-state index < -0.39 is 0 Å². The number of nitrogens with one attached hydrogen (secondary N) is 2. The molecule has 0 radical (unpaired) electrons. The van der Waals surface area contributed by atoms with E-state index in [4.69, 9.17) is 27.9 Å². The molecule has 2 N–H and O–H groups in total. The minimum atomic E-state index is -0.361. The molecule has 148 valence electrons. The van der Waals surface area contributed by atoms with Gasteiger partial charge >= 0.3 is 0 Å². The van der Waals surface area contributed by atoms with Crippen molar-refractivity contribution in [1.29, 1.82) is 0 Å². The number of ether oxygens (including phenoxy) is 1. The number of hydrogen-bond acceptors (Lipinski definition) is 5. The molecule has 0 unspecified atom stereocenters. The van der Waals surface area contributed by atoms with Crippen molar-refractivity contribution in [2.24, 2.45) is 0 Å². The monoisotopic (exact) mass is 424 g/mol. The number of piperidine rings is 1. The van der Waals surface area contributed by atoms with Crippen LogP contribution in [0.2, 0.25) is 10.0 Å². The molecule has 28 heavy (non-hydrogen) atoms. The highest BCUT2D eigenvalue weighted by Gasteiger charge is 2.25. The van der Waals surface area contributed by atoms with Crippen molar-refractivity contribution in [2.75, 3.05) is 19.7 Å². The minimum absolute atomic E-state index is 0.0515. The molecule has 1 aromatic carbocycles. The van der Waals surface area contributed by atoms with Crippen LogP contribution in [0.4, 0.5) is 0 Å². The van der Waals surface area contributed by atoms with Gasteiger partial charge in [-0.25, -0.2) is 5.10 Å². The summed E-state index contributed by atoms with van der Waals surface area (Å²) in [7, 11) is 0. The van der Waals surface area contributed by atoms with Gasteiger partial charge in [0, 0.05) is 30.2 Å². The number of hydrogen-bond donors (Lipinski definition) is 2. The zero-order chi connectivity index (χ0) is 20.1. The van der Waals surface area contributed by atoms with Crippen LogP contribution < -0.4 is 15.6 Å². The molecular formula is C18H18Cl2N4O4. The molecule has 0 saturated carbocycles. The molecule has 3 rings (SSSR count). The fourth-order valence-corrected chi connectivity index (χ4v) is 3.32. The van der Waals surface area contributed by atoms with Gasteiger partial charge in [-0.15, -0.1) is 0 Å². The van der Waals surface area contributed by atoms with Crippen LogP contribution in [0.5, 0.6) is 5.75 Å². The number of halogens is 2. The van der Waals surface area contributed by atoms with Gasteiger partial charge in [-0.2, -0.15) is 5.10 Å². The lowest BCUT2D eigenvalue weighted by Crippen LogP contribution is -2.47. The molecule has 1 fully saturated rings. The van der Waals surface area contributed by atoms with E-state index in [1.807, 2.05) is 0 Å². The van der Waals surface area contributed by atoms with Gasteiger partial charge in [0.05, 0.1) is 5.02 Å². The number of aromatic amines is 1. The maximum atomic E-state index is 12.4. The summed E-state index contributed by atoms with van der Waals surface area (Å²) < 4.78 is 5.42. The third-order valence-corrected chi connectivity index (χ3v) is 4.83. The van der Waals surface area contributed by atoms with E-state index in [0.29, 0.717) is 41.7 Å². The average molecular weight is 425 g/mol. The molecule has 2 aromatic rings. The predicted molar refractivity (Wildman–Crippen MR) is 104 cm³/mol. The Bertz CT molecular complexity index is 906. The quantitative estimate of drug-likeness (QED) is 0.762. The normalized spacial score (nSPS) is 14.6. The molecule has 0 aliphatic carbocycles. The van der Waals surface area contributed by atoms with Gasteiger partial charge in [-0.05, 0) is 37.1 Å². The topological polar surface area (TPSA) is 104 Å². The van der Waals surface area contributed by atoms with Crippen molar-refractivity contribution >= 4 is 35.0 Å². The molecule has 8 nitrogen and oxygen atoms in total. The van der Waals surface area contributed by atoms with E-state index >= 15 is 0 Å². The SMILES string of the molecule is O=C(COc1ccc(Cl)cc1Cl)NC1CCN(C(=O)c2ccc(=O)[nH]n2)CC1. The maximum absolute atomic E-state index is 12.4. The number of H-pyrrole nitrogens is 1. The molecule has 1 saturated heterocycles. The highest BCUT2D eigenvalue weighted by molar-refractivity contribution is 6.35. The molecule has 0 atom stereocenters. The van der Waals surface area contributed by atoms with Crippen LogP contribution in [0.1, 0.15) is 23.3 Å². The van der Waals surface area contributed by atoms with Crippen molar-refractivity contribution in [2.45, 2.75) is 18.9 Å². The van der Waals surface area contributed by atoms with Crippen LogP contribution in [0, 0.1) is 0 Å². The summed E-state index contributed by atoms with van der Waals surface area (Å²) in [4.78, 5) is 37.2. The molecule has 2 heterocycles. The van der Waals surface area contributed by atoms with Gasteiger partial charge in [0.25, 0.3) is 17.4 Å². The smallest absolute Gasteiger partial charge is 0.274 e. The lowest BCUT2D eigenvalue weighted by atomic mass is 10.0. The number of rotatable bonds is 5. The minimum Gasteiger partial charge on any atom is -0.482 e. The number of carbonyl (C=O) groups excluding carboxylic acids is 2. The zero-order valence-electron chi connectivity index (χ0n) is 14.8. The van der Waals surface area contributed by atoms with E-state index in [1.54, 1.807) is 23.1 Å². The first kappa shape index (κ1) is 20.2. The van der Waals surface area contributed by atoms with Crippen molar-refractivity contribution in [3.63, 3.8) is 0 Å². The van der Waals surface area contributed by atoms with Gasteiger partial charge in [-0.1, -0.05) is 23.2 Å². The molecular weight excluding hydrogens is 407 g/mol. The molecule has 10 heteroatoms. The highest BCUT2D eigenvalue weighted by Crippen LogP contribution is 2.27. The third-order valence-electron chi connectivity index (χ3n) is 4.30. The Morgan fingerprint density at radius 1 is 1.21 bits per heavy atom. The second-order valence-electron chi connectivity index (χ2n) is 6.30. The summed E-state index contributed by atoms with van der Waals surface area (Å²) in [6.45, 7) is 0.796. The number of nitrogens with zero attached hydrogens (tertiary/aromatic N) is 2. The van der Waals surface area contributed by atoms with Gasteiger partial charge < -0.3 is 15.0 Å². The van der Waals surface area contributed by atoms with Crippen LogP contribution in [0.15, 0.2) is 35.1 Å². The third kappa shape index (κ3) is 5.24. The first-order valence-corrected chi connectivity index (χ1v) is 9.40. The van der Waals surface area contributed by atoms with Crippen LogP contribution in [0.3, 0.4) is 0 Å². The molecule has 1 aliphatic heterocycles. The van der Waals surface area contributed by atoms with E-state index in [0.717, 1.165) is 0 Å². The molecule has 0 spiro atoms. The largest absolute Gasteiger partial charge is 0.482 e. The summed E-state index contributed by atoms with van der Waals surface area (Å²) in [5, 5.41) is 9.72. The number of likely N-dealkylation sites (tertiary alicyclic amines) is 1. The van der Waals surface area contributed by atoms with Crippen molar-refractivity contribution < 1.29 is 14.3 Å².